The number of piperidine rings is 1. The molecule has 202 valence electrons. The Balaban J connectivity index is 1.72. The van der Waals surface area contributed by atoms with E-state index in [1.54, 1.807) is 18.2 Å². The van der Waals surface area contributed by atoms with E-state index in [1.807, 2.05) is 46.7 Å². The van der Waals surface area contributed by atoms with Gasteiger partial charge in [0.15, 0.2) is 17.0 Å². The Labute approximate surface area is 235 Å². The number of likely N-dealkylation sites (N-methyl/N-ethyl adjacent to an activating group) is 1. The van der Waals surface area contributed by atoms with E-state index in [2.05, 4.69) is 5.32 Å². The van der Waals surface area contributed by atoms with Crippen molar-refractivity contribution in [1.29, 1.82) is 0 Å². The van der Waals surface area contributed by atoms with Crippen molar-refractivity contribution >= 4 is 52.0 Å². The maximum atomic E-state index is 12.3. The predicted molar refractivity (Wildman–Crippen MR) is 152 cm³/mol. The summed E-state index contributed by atoms with van der Waals surface area (Å²) in [7, 11) is 0. The number of carbonyl (C=O) groups is 2. The molecule has 5 rings (SSSR count). The largest absolute Gasteiger partial charge is 0.369 e. The van der Waals surface area contributed by atoms with Gasteiger partial charge in [-0.05, 0) is 55.8 Å². The van der Waals surface area contributed by atoms with Gasteiger partial charge in [0.25, 0.3) is 0 Å². The number of nitrogens with one attached hydrogen (secondary N) is 1. The monoisotopic (exact) mass is 566 g/mol. The van der Waals surface area contributed by atoms with Crippen molar-refractivity contribution in [2.24, 2.45) is 11.5 Å². The predicted octanol–water partition coefficient (Wildman–Crippen LogP) is 3.25. The van der Waals surface area contributed by atoms with E-state index >= 15 is 0 Å². The van der Waals surface area contributed by atoms with Gasteiger partial charge in [-0.15, -0.1) is 0 Å². The first-order valence-corrected chi connectivity index (χ1v) is 13.4. The van der Waals surface area contributed by atoms with E-state index in [9.17, 15) is 9.59 Å². The second kappa shape index (κ2) is 10.8. The standard InChI is InChI=1S/C27H28Cl2N8O2/c1-2-32-27(26(31)39)11-13-36(14-12-27)24-22-25(34-21(33-24)15-20(30)38)37(17-9-7-16(28)8-10-17)23(35-22)18-5-3-4-6-19(18)29/h3-10,32H,2,11-15H2,1H3,(H2,30,38)(H2,31,39). The molecular weight excluding hydrogens is 539 g/mol. The fraction of sp³-hybridized carbons (Fsp3) is 0.296. The smallest absolute Gasteiger partial charge is 0.237 e. The van der Waals surface area contributed by atoms with Gasteiger partial charge in [0, 0.05) is 29.4 Å². The van der Waals surface area contributed by atoms with Crippen LogP contribution in [0.3, 0.4) is 0 Å². The second-order valence-electron chi connectivity index (χ2n) is 9.47. The molecule has 0 atom stereocenters. The van der Waals surface area contributed by atoms with Crippen LogP contribution in [0, 0.1) is 0 Å². The zero-order chi connectivity index (χ0) is 27.7. The number of halogens is 2. The maximum absolute atomic E-state index is 12.3. The normalized spacial score (nSPS) is 15.0. The lowest BCUT2D eigenvalue weighted by Crippen LogP contribution is -2.61. The molecule has 2 aromatic heterocycles. The van der Waals surface area contributed by atoms with E-state index in [0.717, 1.165) is 5.69 Å². The minimum Gasteiger partial charge on any atom is -0.369 e. The molecule has 0 unspecified atom stereocenters. The minimum absolute atomic E-state index is 0.146. The summed E-state index contributed by atoms with van der Waals surface area (Å²) < 4.78 is 1.87. The number of amides is 2. The van der Waals surface area contributed by atoms with Gasteiger partial charge in [0.1, 0.15) is 17.2 Å². The molecule has 10 nitrogen and oxygen atoms in total. The molecule has 2 aromatic carbocycles. The molecule has 0 spiro atoms. The number of carbonyl (C=O) groups excluding carboxylic acids is 2. The van der Waals surface area contributed by atoms with Crippen LogP contribution in [0.4, 0.5) is 5.82 Å². The Kier molecular flexibility index (Phi) is 7.44. The highest BCUT2D eigenvalue weighted by Gasteiger charge is 2.40. The molecule has 5 N–H and O–H groups in total. The number of aromatic nitrogens is 4. The number of primary amides is 2. The Morgan fingerprint density at radius 3 is 2.31 bits per heavy atom. The fourth-order valence-electron chi connectivity index (χ4n) is 5.05. The van der Waals surface area contributed by atoms with Crippen LogP contribution < -0.4 is 21.7 Å². The highest BCUT2D eigenvalue weighted by Crippen LogP contribution is 2.36. The van der Waals surface area contributed by atoms with Crippen LogP contribution in [0.1, 0.15) is 25.6 Å². The van der Waals surface area contributed by atoms with Gasteiger partial charge in [-0.2, -0.15) is 0 Å². The minimum atomic E-state index is -0.793. The number of hydrogen-bond donors (Lipinski definition) is 3. The summed E-state index contributed by atoms with van der Waals surface area (Å²) in [5.41, 5.74) is 13.0. The van der Waals surface area contributed by atoms with Crippen molar-refractivity contribution in [1.82, 2.24) is 24.8 Å². The lowest BCUT2D eigenvalue weighted by Gasteiger charge is -2.40. The number of hydrogen-bond acceptors (Lipinski definition) is 7. The molecule has 4 aromatic rings. The van der Waals surface area contributed by atoms with Crippen LogP contribution in [-0.2, 0) is 16.0 Å². The number of imidazole rings is 1. The molecule has 0 aliphatic carbocycles. The summed E-state index contributed by atoms with van der Waals surface area (Å²) >= 11 is 12.8. The molecule has 3 heterocycles. The third kappa shape index (κ3) is 5.15. The van der Waals surface area contributed by atoms with Crippen molar-refractivity contribution in [3.8, 4) is 17.1 Å². The molecule has 1 fully saturated rings. The van der Waals surface area contributed by atoms with Gasteiger partial charge in [0.2, 0.25) is 11.8 Å². The van der Waals surface area contributed by atoms with E-state index in [-0.39, 0.29) is 18.2 Å². The molecular formula is C27H28Cl2N8O2. The van der Waals surface area contributed by atoms with Crippen molar-refractivity contribution in [3.63, 3.8) is 0 Å². The van der Waals surface area contributed by atoms with Crippen molar-refractivity contribution < 1.29 is 9.59 Å². The molecule has 0 radical (unpaired) electrons. The summed E-state index contributed by atoms with van der Waals surface area (Å²) in [6, 6.07) is 14.7. The molecule has 1 aliphatic heterocycles. The van der Waals surface area contributed by atoms with Gasteiger partial charge >= 0.3 is 0 Å². The molecule has 0 saturated carbocycles. The number of nitrogens with zero attached hydrogens (tertiary/aromatic N) is 5. The molecule has 1 aliphatic rings. The van der Waals surface area contributed by atoms with Crippen molar-refractivity contribution in [3.05, 3.63) is 64.4 Å². The second-order valence-corrected chi connectivity index (χ2v) is 10.3. The third-order valence-corrected chi connectivity index (χ3v) is 7.55. The number of fused-ring (bicyclic) bond motifs is 1. The van der Waals surface area contributed by atoms with Crippen LogP contribution in [0.2, 0.25) is 10.0 Å². The van der Waals surface area contributed by atoms with E-state index in [1.165, 1.54) is 0 Å². The molecule has 0 bridgehead atoms. The van der Waals surface area contributed by atoms with Crippen LogP contribution >= 0.6 is 23.2 Å². The summed E-state index contributed by atoms with van der Waals surface area (Å²) in [5.74, 6) is 0.443. The van der Waals surface area contributed by atoms with Gasteiger partial charge < -0.3 is 21.7 Å². The summed E-state index contributed by atoms with van der Waals surface area (Å²) in [6.45, 7) is 3.55. The lowest BCUT2D eigenvalue weighted by atomic mass is 9.86. The number of nitrogens with two attached hydrogens (primary N) is 2. The fourth-order valence-corrected chi connectivity index (χ4v) is 5.40. The van der Waals surface area contributed by atoms with E-state index < -0.39 is 11.4 Å². The maximum Gasteiger partial charge on any atom is 0.237 e. The Hall–Kier alpha value is -3.73. The van der Waals surface area contributed by atoms with Crippen LogP contribution in [0.15, 0.2) is 48.5 Å². The SMILES string of the molecule is CCNC1(C(N)=O)CCN(c2nc(CC(N)=O)nc3c2nc(-c2ccccc2Cl)n3-c2ccc(Cl)cc2)CC1. The first-order chi connectivity index (χ1) is 18.7. The molecule has 39 heavy (non-hydrogen) atoms. The Morgan fingerprint density at radius 2 is 1.69 bits per heavy atom. The zero-order valence-corrected chi connectivity index (χ0v) is 22.8. The van der Waals surface area contributed by atoms with E-state index in [0.29, 0.717) is 70.9 Å². The topological polar surface area (TPSA) is 145 Å². The van der Waals surface area contributed by atoms with Gasteiger partial charge in [-0.25, -0.2) is 15.0 Å². The Bertz CT molecular complexity index is 1550. The molecule has 12 heteroatoms. The van der Waals surface area contributed by atoms with Crippen LogP contribution in [0.5, 0.6) is 0 Å². The van der Waals surface area contributed by atoms with Crippen molar-refractivity contribution in [2.45, 2.75) is 31.7 Å². The van der Waals surface area contributed by atoms with Crippen LogP contribution in [-0.4, -0.2) is 56.5 Å². The highest BCUT2D eigenvalue weighted by atomic mass is 35.5. The Morgan fingerprint density at radius 1 is 1.00 bits per heavy atom. The molecule has 2 amide bonds. The van der Waals surface area contributed by atoms with Crippen molar-refractivity contribution in [2.75, 3.05) is 24.5 Å². The molecule has 1 saturated heterocycles. The highest BCUT2D eigenvalue weighted by molar-refractivity contribution is 6.33. The third-order valence-electron chi connectivity index (χ3n) is 6.97. The van der Waals surface area contributed by atoms with Gasteiger partial charge in [-0.1, -0.05) is 42.3 Å². The summed E-state index contributed by atoms with van der Waals surface area (Å²) in [5, 5.41) is 4.37. The average Bonchev–Trinajstić information content (AvgIpc) is 3.28. The number of benzene rings is 2. The average molecular weight is 567 g/mol. The van der Waals surface area contributed by atoms with Gasteiger partial charge in [0.05, 0.1) is 11.4 Å². The quantitative estimate of drug-likeness (QED) is 0.296. The first-order valence-electron chi connectivity index (χ1n) is 12.6. The zero-order valence-electron chi connectivity index (χ0n) is 21.3. The first kappa shape index (κ1) is 26.9. The van der Waals surface area contributed by atoms with E-state index in [4.69, 9.17) is 49.6 Å². The number of rotatable bonds is 8. The lowest BCUT2D eigenvalue weighted by molar-refractivity contribution is -0.125. The summed E-state index contributed by atoms with van der Waals surface area (Å²) in [4.78, 5) is 40.7. The van der Waals surface area contributed by atoms with Gasteiger partial charge in [-0.3, -0.25) is 14.2 Å². The van der Waals surface area contributed by atoms with Crippen LogP contribution in [0.25, 0.3) is 28.2 Å². The summed E-state index contributed by atoms with van der Waals surface area (Å²) in [6.07, 6.45) is 0.830. The number of anilines is 1.